The van der Waals surface area contributed by atoms with Crippen molar-refractivity contribution in [3.05, 3.63) is 170 Å². The van der Waals surface area contributed by atoms with Crippen molar-refractivity contribution in [3.8, 4) is 51.1 Å². The van der Waals surface area contributed by atoms with Crippen LogP contribution in [0, 0.1) is 0 Å². The molecule has 0 radical (unpaired) electrons. The van der Waals surface area contributed by atoms with Crippen LogP contribution in [-0.4, -0.2) is 24.5 Å². The molecule has 0 atom stereocenters. The van der Waals surface area contributed by atoms with Crippen molar-refractivity contribution in [1.29, 1.82) is 0 Å². The van der Waals surface area contributed by atoms with E-state index in [-0.39, 0.29) is 0 Å². The molecule has 0 N–H and O–H groups in total. The van der Waals surface area contributed by atoms with Crippen LogP contribution < -0.4 is 4.90 Å². The van der Waals surface area contributed by atoms with Gasteiger partial charge in [0.15, 0.2) is 11.6 Å². The zero-order chi connectivity index (χ0) is 33.0. The maximum Gasteiger partial charge on any atom is 0.238 e. The second-order valence-corrected chi connectivity index (χ2v) is 12.3. The van der Waals surface area contributed by atoms with Crippen LogP contribution in [0.1, 0.15) is 0 Å². The molecule has 9 aromatic rings. The predicted octanol–water partition coefficient (Wildman–Crippen LogP) is 10.8. The molecular formula is C44H28N6. The molecular weight excluding hydrogens is 613 g/mol. The molecule has 1 aliphatic rings. The Kier molecular flexibility index (Phi) is 6.39. The number of para-hydroxylation sites is 3. The molecule has 234 valence electrons. The van der Waals surface area contributed by atoms with Crippen molar-refractivity contribution in [2.45, 2.75) is 0 Å². The average molecular weight is 641 g/mol. The van der Waals surface area contributed by atoms with Gasteiger partial charge in [0.05, 0.1) is 22.6 Å². The van der Waals surface area contributed by atoms with Crippen molar-refractivity contribution in [2.75, 3.05) is 4.90 Å². The minimum absolute atomic E-state index is 0.555. The summed E-state index contributed by atoms with van der Waals surface area (Å²) >= 11 is 0. The Balaban J connectivity index is 1.34. The molecule has 6 aromatic carbocycles. The third-order valence-electron chi connectivity index (χ3n) is 9.44. The molecule has 1 aliphatic heterocycles. The number of nitrogens with zero attached hydrogens (tertiary/aromatic N) is 6. The quantitative estimate of drug-likeness (QED) is 0.192. The highest BCUT2D eigenvalue weighted by molar-refractivity contribution is 6.13. The summed E-state index contributed by atoms with van der Waals surface area (Å²) in [5, 5.41) is 3.33. The molecule has 0 unspecified atom stereocenters. The molecule has 0 spiro atoms. The summed E-state index contributed by atoms with van der Waals surface area (Å²) < 4.78 is 2.22. The number of pyridine rings is 1. The first kappa shape index (κ1) is 28.1. The van der Waals surface area contributed by atoms with Crippen molar-refractivity contribution in [1.82, 2.24) is 24.5 Å². The number of aromatic nitrogens is 5. The lowest BCUT2D eigenvalue weighted by Gasteiger charge is -2.27. The van der Waals surface area contributed by atoms with E-state index in [1.54, 1.807) is 0 Å². The summed E-state index contributed by atoms with van der Waals surface area (Å²) in [6, 6.07) is 56.5. The maximum absolute atomic E-state index is 5.22. The number of hydrogen-bond donors (Lipinski definition) is 0. The third-order valence-corrected chi connectivity index (χ3v) is 9.44. The Morgan fingerprint density at radius 2 is 1.00 bits per heavy atom. The smallest absolute Gasteiger partial charge is 0.238 e. The fourth-order valence-corrected chi connectivity index (χ4v) is 7.26. The molecule has 0 aliphatic carbocycles. The van der Waals surface area contributed by atoms with Crippen LogP contribution in [0.3, 0.4) is 0 Å². The average Bonchev–Trinajstić information content (AvgIpc) is 3.48. The van der Waals surface area contributed by atoms with Gasteiger partial charge in [-0.25, -0.2) is 9.97 Å². The highest BCUT2D eigenvalue weighted by atomic mass is 15.2. The van der Waals surface area contributed by atoms with Gasteiger partial charge in [0.1, 0.15) is 5.82 Å². The van der Waals surface area contributed by atoms with E-state index < -0.39 is 0 Å². The van der Waals surface area contributed by atoms with E-state index in [0.717, 1.165) is 72.4 Å². The molecule has 0 saturated carbocycles. The van der Waals surface area contributed by atoms with Gasteiger partial charge in [-0.2, -0.15) is 9.97 Å². The number of rotatable bonds is 4. The highest BCUT2D eigenvalue weighted by Crippen LogP contribution is 2.54. The summed E-state index contributed by atoms with van der Waals surface area (Å²) in [6.45, 7) is 0. The summed E-state index contributed by atoms with van der Waals surface area (Å²) in [5.41, 5.74) is 9.23. The number of anilines is 3. The van der Waals surface area contributed by atoms with Crippen LogP contribution in [0.4, 0.5) is 17.2 Å². The Bertz CT molecular complexity index is 2650. The standard InChI is InChI=1S/C44H28N6/c1-3-16-30(17-4-1)41-46-42(31-18-5-2-6-19-31)48-44(47-41)50-37-25-13-10-22-34(37)39-33-21-9-12-24-36(33)49(38-26-14-11-23-35(38)40(39)50)43-32-20-8-7-15-29(32)27-28-45-43/h1-28H. The molecule has 0 fully saturated rings. The largest absolute Gasteiger partial charge is 0.293 e. The van der Waals surface area contributed by atoms with Crippen molar-refractivity contribution < 1.29 is 0 Å². The van der Waals surface area contributed by atoms with Gasteiger partial charge < -0.3 is 0 Å². The Morgan fingerprint density at radius 1 is 0.440 bits per heavy atom. The molecule has 50 heavy (non-hydrogen) atoms. The topological polar surface area (TPSA) is 59.7 Å². The Morgan fingerprint density at radius 3 is 1.72 bits per heavy atom. The number of fused-ring (bicyclic) bond motifs is 8. The second-order valence-electron chi connectivity index (χ2n) is 12.3. The minimum Gasteiger partial charge on any atom is -0.293 e. The molecule has 6 nitrogen and oxygen atoms in total. The van der Waals surface area contributed by atoms with Crippen molar-refractivity contribution in [2.24, 2.45) is 0 Å². The summed E-state index contributed by atoms with van der Waals surface area (Å²) in [7, 11) is 0. The van der Waals surface area contributed by atoms with E-state index in [2.05, 4.69) is 113 Å². The van der Waals surface area contributed by atoms with Crippen LogP contribution in [-0.2, 0) is 0 Å². The number of hydrogen-bond acceptors (Lipinski definition) is 5. The van der Waals surface area contributed by atoms with Crippen molar-refractivity contribution in [3.63, 3.8) is 0 Å². The van der Waals surface area contributed by atoms with E-state index in [0.29, 0.717) is 17.6 Å². The second kappa shape index (κ2) is 11.4. The summed E-state index contributed by atoms with van der Waals surface area (Å²) in [6.07, 6.45) is 1.90. The lowest BCUT2D eigenvalue weighted by molar-refractivity contribution is 0.938. The lowest BCUT2D eigenvalue weighted by atomic mass is 9.98. The Hall–Kier alpha value is -6.92. The van der Waals surface area contributed by atoms with E-state index >= 15 is 0 Å². The fourth-order valence-electron chi connectivity index (χ4n) is 7.26. The highest BCUT2D eigenvalue weighted by Gasteiger charge is 2.33. The SMILES string of the molecule is c1ccc(-c2nc(-c3ccccc3)nc(-n3c4c(c5ccccc53)-c3ccccc3N(c3nccc5ccccc35)c3ccccc3-4)n2)cc1. The van der Waals surface area contributed by atoms with Gasteiger partial charge in [0.2, 0.25) is 5.95 Å². The molecule has 6 heteroatoms. The first-order valence-corrected chi connectivity index (χ1v) is 16.7. The molecule has 3 aromatic heterocycles. The zero-order valence-electron chi connectivity index (χ0n) is 26.8. The normalized spacial score (nSPS) is 12.0. The van der Waals surface area contributed by atoms with Crippen molar-refractivity contribution >= 4 is 38.9 Å². The van der Waals surface area contributed by atoms with E-state index in [1.807, 2.05) is 66.9 Å². The van der Waals surface area contributed by atoms with Crippen LogP contribution in [0.5, 0.6) is 0 Å². The monoisotopic (exact) mass is 640 g/mol. The van der Waals surface area contributed by atoms with Crippen LogP contribution in [0.15, 0.2) is 170 Å². The number of benzene rings is 6. The van der Waals surface area contributed by atoms with Crippen LogP contribution >= 0.6 is 0 Å². The first-order valence-electron chi connectivity index (χ1n) is 16.7. The van der Waals surface area contributed by atoms with Crippen LogP contribution in [0.25, 0.3) is 72.8 Å². The van der Waals surface area contributed by atoms with Gasteiger partial charge in [0.25, 0.3) is 0 Å². The van der Waals surface area contributed by atoms with E-state index in [9.17, 15) is 0 Å². The molecule has 10 rings (SSSR count). The lowest BCUT2D eigenvalue weighted by Crippen LogP contribution is -2.13. The van der Waals surface area contributed by atoms with Gasteiger partial charge in [-0.3, -0.25) is 9.47 Å². The van der Waals surface area contributed by atoms with Gasteiger partial charge in [-0.15, -0.1) is 0 Å². The third kappa shape index (κ3) is 4.36. The maximum atomic E-state index is 5.22. The fraction of sp³-hybridized carbons (Fsp3) is 0. The van der Waals surface area contributed by atoms with Gasteiger partial charge in [-0.05, 0) is 29.7 Å². The summed E-state index contributed by atoms with van der Waals surface area (Å²) in [4.78, 5) is 22.8. The molecule has 0 amide bonds. The van der Waals surface area contributed by atoms with Gasteiger partial charge in [0, 0.05) is 44.8 Å². The molecule has 4 heterocycles. The molecule has 0 saturated heterocycles. The van der Waals surface area contributed by atoms with Gasteiger partial charge in [-0.1, -0.05) is 140 Å². The van der Waals surface area contributed by atoms with Gasteiger partial charge >= 0.3 is 0 Å². The zero-order valence-corrected chi connectivity index (χ0v) is 26.8. The van der Waals surface area contributed by atoms with E-state index in [4.69, 9.17) is 19.9 Å². The minimum atomic E-state index is 0.555. The van der Waals surface area contributed by atoms with E-state index in [1.165, 1.54) is 0 Å². The molecule has 0 bridgehead atoms. The predicted molar refractivity (Wildman–Crippen MR) is 202 cm³/mol. The van der Waals surface area contributed by atoms with Crippen LogP contribution in [0.2, 0.25) is 0 Å². The summed E-state index contributed by atoms with van der Waals surface area (Å²) in [5.74, 6) is 2.66. The Labute approximate surface area is 288 Å². The first-order chi connectivity index (χ1) is 24.8.